The first kappa shape index (κ1) is 28.5. The molecule has 234 valence electrons. The van der Waals surface area contributed by atoms with Crippen molar-refractivity contribution in [3.63, 3.8) is 0 Å². The summed E-state index contributed by atoms with van der Waals surface area (Å²) in [5.74, 6) is 2.57. The quantitative estimate of drug-likeness (QED) is 0.184. The van der Waals surface area contributed by atoms with Gasteiger partial charge in [-0.25, -0.2) is 19.9 Å². The van der Waals surface area contributed by atoms with Crippen LogP contribution in [0.3, 0.4) is 0 Å². The summed E-state index contributed by atoms with van der Waals surface area (Å²) in [6.45, 7) is 0. The van der Waals surface area contributed by atoms with Crippen molar-refractivity contribution in [2.75, 3.05) is 0 Å². The molecule has 0 spiro atoms. The first-order valence-corrected chi connectivity index (χ1v) is 17.3. The molecule has 0 bridgehead atoms. The van der Waals surface area contributed by atoms with Gasteiger partial charge >= 0.3 is 0 Å². The standard InChI is InChI=1S/C44H26N4OS/c1-4-10-29(11-5-1)41-46-42(30-12-6-2-7-13-30)48-43(47-41)31-18-16-27(17-19-31)33-22-24-36-34(26-33)39-37(50-36)25-21-28-20-23-35-40(38(28)39)49-44(45-35)32-14-8-3-9-15-32/h1-26H. The van der Waals surface area contributed by atoms with E-state index in [1.54, 1.807) is 11.3 Å². The SMILES string of the molecule is c1ccc(-c2nc(-c3ccccc3)nc(-c3ccc(-c4ccc5sc6ccc7ccc8nc(-c9ccccc9)oc8c7c6c5c4)cc3)n2)cc1. The molecule has 5 nitrogen and oxygen atoms in total. The molecule has 10 aromatic rings. The Labute approximate surface area is 291 Å². The van der Waals surface area contributed by atoms with E-state index in [1.165, 1.54) is 20.2 Å². The fourth-order valence-corrected chi connectivity index (χ4v) is 7.79. The highest BCUT2D eigenvalue weighted by atomic mass is 32.1. The minimum atomic E-state index is 0.635. The molecule has 0 fully saturated rings. The molecule has 50 heavy (non-hydrogen) atoms. The second-order valence-corrected chi connectivity index (χ2v) is 13.3. The highest BCUT2D eigenvalue weighted by molar-refractivity contribution is 7.26. The smallest absolute Gasteiger partial charge is 0.227 e. The van der Waals surface area contributed by atoms with Crippen LogP contribution in [0.25, 0.3) is 98.8 Å². The number of rotatable bonds is 5. The van der Waals surface area contributed by atoms with Crippen LogP contribution in [0.2, 0.25) is 0 Å². The van der Waals surface area contributed by atoms with Crippen LogP contribution < -0.4 is 0 Å². The summed E-state index contributed by atoms with van der Waals surface area (Å²) >= 11 is 1.81. The molecule has 0 saturated carbocycles. The molecule has 0 unspecified atom stereocenters. The average Bonchev–Trinajstić information content (AvgIpc) is 3.81. The van der Waals surface area contributed by atoms with Gasteiger partial charge in [-0.15, -0.1) is 11.3 Å². The zero-order valence-corrected chi connectivity index (χ0v) is 27.4. The third kappa shape index (κ3) is 4.85. The first-order chi connectivity index (χ1) is 24.7. The van der Waals surface area contributed by atoms with Gasteiger partial charge < -0.3 is 4.42 Å². The highest BCUT2D eigenvalue weighted by Gasteiger charge is 2.17. The van der Waals surface area contributed by atoms with Gasteiger partial charge in [-0.1, -0.05) is 121 Å². The fourth-order valence-electron chi connectivity index (χ4n) is 6.69. The lowest BCUT2D eigenvalue weighted by molar-refractivity contribution is 0.623. The molecule has 7 aromatic carbocycles. The zero-order valence-electron chi connectivity index (χ0n) is 26.6. The molecule has 0 atom stereocenters. The van der Waals surface area contributed by atoms with E-state index in [1.807, 2.05) is 91.0 Å². The van der Waals surface area contributed by atoms with Gasteiger partial charge in [0.25, 0.3) is 0 Å². The van der Waals surface area contributed by atoms with Crippen molar-refractivity contribution in [3.8, 4) is 56.7 Å². The van der Waals surface area contributed by atoms with E-state index in [0.29, 0.717) is 23.4 Å². The monoisotopic (exact) mass is 658 g/mol. The Morgan fingerprint density at radius 3 is 1.56 bits per heavy atom. The summed E-state index contributed by atoms with van der Waals surface area (Å²) in [5.41, 5.74) is 7.74. The molecule has 10 rings (SSSR count). The van der Waals surface area contributed by atoms with Gasteiger partial charge in [-0.2, -0.15) is 0 Å². The minimum absolute atomic E-state index is 0.635. The molecular weight excluding hydrogens is 633 g/mol. The maximum absolute atomic E-state index is 6.51. The van der Waals surface area contributed by atoms with Crippen LogP contribution in [-0.4, -0.2) is 19.9 Å². The number of oxazole rings is 1. The number of nitrogens with zero attached hydrogens (tertiary/aromatic N) is 4. The molecule has 0 aliphatic rings. The second kappa shape index (κ2) is 11.6. The minimum Gasteiger partial charge on any atom is -0.435 e. The molecule has 0 saturated heterocycles. The summed E-state index contributed by atoms with van der Waals surface area (Å²) in [5, 5.41) is 4.65. The summed E-state index contributed by atoms with van der Waals surface area (Å²) in [6, 6.07) is 54.1. The van der Waals surface area contributed by atoms with E-state index < -0.39 is 0 Å². The Morgan fingerprint density at radius 2 is 0.920 bits per heavy atom. The normalized spacial score (nSPS) is 11.6. The molecule has 0 aliphatic carbocycles. The van der Waals surface area contributed by atoms with Gasteiger partial charge in [-0.05, 0) is 52.9 Å². The molecule has 0 N–H and O–H groups in total. The second-order valence-electron chi connectivity index (χ2n) is 12.3. The summed E-state index contributed by atoms with van der Waals surface area (Å²) in [4.78, 5) is 19.5. The average molecular weight is 659 g/mol. The van der Waals surface area contributed by atoms with E-state index in [-0.39, 0.29) is 0 Å². The van der Waals surface area contributed by atoms with Crippen molar-refractivity contribution in [2.45, 2.75) is 0 Å². The predicted octanol–water partition coefficient (Wildman–Crippen LogP) is 11.9. The number of hydrogen-bond acceptors (Lipinski definition) is 6. The van der Waals surface area contributed by atoms with Gasteiger partial charge in [0.1, 0.15) is 5.52 Å². The van der Waals surface area contributed by atoms with Crippen LogP contribution >= 0.6 is 11.3 Å². The molecule has 0 radical (unpaired) electrons. The van der Waals surface area contributed by atoms with E-state index in [9.17, 15) is 0 Å². The van der Waals surface area contributed by atoms with Gasteiger partial charge in [0.2, 0.25) is 5.89 Å². The summed E-state index contributed by atoms with van der Waals surface area (Å²) in [6.07, 6.45) is 0. The van der Waals surface area contributed by atoms with Gasteiger partial charge in [0.15, 0.2) is 23.1 Å². The van der Waals surface area contributed by atoms with Crippen molar-refractivity contribution < 1.29 is 4.42 Å². The third-order valence-corrected chi connectivity index (χ3v) is 10.3. The summed E-state index contributed by atoms with van der Waals surface area (Å²) < 4.78 is 8.98. The van der Waals surface area contributed by atoms with Crippen molar-refractivity contribution in [3.05, 3.63) is 158 Å². The van der Waals surface area contributed by atoms with Crippen molar-refractivity contribution in [1.29, 1.82) is 0 Å². The zero-order chi connectivity index (χ0) is 33.0. The largest absolute Gasteiger partial charge is 0.435 e. The lowest BCUT2D eigenvalue weighted by atomic mass is 9.99. The highest BCUT2D eigenvalue weighted by Crippen LogP contribution is 2.43. The topological polar surface area (TPSA) is 64.7 Å². The number of thiophene rings is 1. The van der Waals surface area contributed by atoms with Crippen LogP contribution in [0.5, 0.6) is 0 Å². The number of fused-ring (bicyclic) bond motifs is 7. The Kier molecular flexibility index (Phi) is 6.60. The Morgan fingerprint density at radius 1 is 0.400 bits per heavy atom. The summed E-state index contributed by atoms with van der Waals surface area (Å²) in [7, 11) is 0. The first-order valence-electron chi connectivity index (χ1n) is 16.5. The van der Waals surface area contributed by atoms with E-state index >= 15 is 0 Å². The fraction of sp³-hybridized carbons (Fsp3) is 0. The van der Waals surface area contributed by atoms with Crippen LogP contribution in [0.1, 0.15) is 0 Å². The Hall–Kier alpha value is -6.50. The molecular formula is C44H26N4OS. The number of aromatic nitrogens is 4. The van der Waals surface area contributed by atoms with Crippen LogP contribution in [0, 0.1) is 0 Å². The van der Waals surface area contributed by atoms with Crippen LogP contribution in [-0.2, 0) is 0 Å². The Balaban J connectivity index is 1.08. The predicted molar refractivity (Wildman–Crippen MR) is 205 cm³/mol. The maximum Gasteiger partial charge on any atom is 0.227 e. The molecule has 3 heterocycles. The van der Waals surface area contributed by atoms with Crippen LogP contribution in [0.15, 0.2) is 162 Å². The lowest BCUT2D eigenvalue weighted by Gasteiger charge is -2.09. The van der Waals surface area contributed by atoms with E-state index in [4.69, 9.17) is 24.4 Å². The van der Waals surface area contributed by atoms with E-state index in [0.717, 1.165) is 55.3 Å². The lowest BCUT2D eigenvalue weighted by Crippen LogP contribution is -2.00. The molecule has 3 aromatic heterocycles. The number of hydrogen-bond donors (Lipinski definition) is 0. The van der Waals surface area contributed by atoms with Crippen molar-refractivity contribution >= 4 is 53.4 Å². The number of benzene rings is 7. The van der Waals surface area contributed by atoms with Gasteiger partial charge in [0.05, 0.1) is 0 Å². The third-order valence-electron chi connectivity index (χ3n) is 9.17. The molecule has 6 heteroatoms. The Bertz CT molecular complexity index is 2790. The van der Waals surface area contributed by atoms with Crippen molar-refractivity contribution in [1.82, 2.24) is 19.9 Å². The van der Waals surface area contributed by atoms with Gasteiger partial charge in [-0.3, -0.25) is 0 Å². The van der Waals surface area contributed by atoms with E-state index in [2.05, 4.69) is 66.7 Å². The van der Waals surface area contributed by atoms with Gasteiger partial charge in [0, 0.05) is 47.8 Å². The van der Waals surface area contributed by atoms with Crippen molar-refractivity contribution in [2.24, 2.45) is 0 Å². The molecule has 0 amide bonds. The van der Waals surface area contributed by atoms with Crippen LogP contribution in [0.4, 0.5) is 0 Å². The maximum atomic E-state index is 6.51. The molecule has 0 aliphatic heterocycles.